The first-order valence-electron chi connectivity index (χ1n) is 14.3. The predicted molar refractivity (Wildman–Crippen MR) is 148 cm³/mol. The van der Waals surface area contributed by atoms with Gasteiger partial charge in [0, 0.05) is 67.0 Å². The van der Waals surface area contributed by atoms with Crippen molar-refractivity contribution >= 4 is 5.91 Å². The molecule has 3 aromatic rings. The highest BCUT2D eigenvalue weighted by Gasteiger charge is 2.55. The molecular formula is C31H39N5O3. The Morgan fingerprint density at radius 2 is 1.77 bits per heavy atom. The van der Waals surface area contributed by atoms with Gasteiger partial charge in [-0.05, 0) is 55.8 Å². The maximum absolute atomic E-state index is 12.5. The van der Waals surface area contributed by atoms with E-state index in [9.17, 15) is 9.90 Å². The lowest BCUT2D eigenvalue weighted by molar-refractivity contribution is -0.133. The number of pyridine rings is 1. The summed E-state index contributed by atoms with van der Waals surface area (Å²) in [7, 11) is 2.08. The van der Waals surface area contributed by atoms with Gasteiger partial charge in [-0.15, -0.1) is 0 Å². The Morgan fingerprint density at radius 1 is 1.08 bits per heavy atom. The summed E-state index contributed by atoms with van der Waals surface area (Å²) in [4.78, 5) is 25.9. The number of aliphatic hydroxyl groups is 1. The molecule has 1 amide bonds. The van der Waals surface area contributed by atoms with Crippen molar-refractivity contribution in [2.75, 3.05) is 33.2 Å². The number of carbonyl (C=O) groups is 1. The molecule has 0 unspecified atom stereocenters. The van der Waals surface area contributed by atoms with Gasteiger partial charge in [-0.2, -0.15) is 4.98 Å². The van der Waals surface area contributed by atoms with Gasteiger partial charge in [-0.3, -0.25) is 9.78 Å². The lowest BCUT2D eigenvalue weighted by Crippen LogP contribution is -2.63. The van der Waals surface area contributed by atoms with Crippen LogP contribution in [0.25, 0.3) is 11.4 Å². The van der Waals surface area contributed by atoms with Crippen molar-refractivity contribution in [2.24, 2.45) is 11.3 Å². The lowest BCUT2D eigenvalue weighted by atomic mass is 9.62. The van der Waals surface area contributed by atoms with E-state index in [-0.39, 0.29) is 17.3 Å². The molecule has 1 atom stereocenters. The second kappa shape index (κ2) is 9.82. The van der Waals surface area contributed by atoms with E-state index in [1.807, 2.05) is 11.0 Å². The number of aromatic nitrogens is 3. The number of likely N-dealkylation sites (tertiary alicyclic amines) is 2. The highest BCUT2D eigenvalue weighted by molar-refractivity contribution is 5.81. The van der Waals surface area contributed by atoms with E-state index in [0.717, 1.165) is 68.6 Å². The Labute approximate surface area is 230 Å². The van der Waals surface area contributed by atoms with Crippen molar-refractivity contribution in [2.45, 2.75) is 63.9 Å². The zero-order valence-corrected chi connectivity index (χ0v) is 23.4. The fraction of sp³-hybridized carbons (Fsp3) is 0.548. The largest absolute Gasteiger partial charge is 0.380 e. The van der Waals surface area contributed by atoms with Crippen LogP contribution < -0.4 is 0 Å². The second-order valence-electron chi connectivity index (χ2n) is 12.5. The molecule has 8 heteroatoms. The maximum Gasteiger partial charge on any atom is 0.230 e. The van der Waals surface area contributed by atoms with Crippen molar-refractivity contribution < 1.29 is 14.4 Å². The zero-order valence-electron chi connectivity index (χ0n) is 23.4. The maximum atomic E-state index is 12.5. The zero-order chi connectivity index (χ0) is 27.4. The number of rotatable bonds is 7. The fourth-order valence-electron chi connectivity index (χ4n) is 6.56. The molecule has 206 valence electrons. The molecule has 1 aliphatic carbocycles. The van der Waals surface area contributed by atoms with Crippen LogP contribution >= 0.6 is 0 Å². The minimum Gasteiger partial charge on any atom is -0.380 e. The summed E-state index contributed by atoms with van der Waals surface area (Å²) >= 11 is 0. The first-order valence-corrected chi connectivity index (χ1v) is 14.3. The second-order valence-corrected chi connectivity index (χ2v) is 12.5. The number of carbonyl (C=O) groups excluding carboxylic acids is 1. The van der Waals surface area contributed by atoms with Crippen molar-refractivity contribution in [3.63, 3.8) is 0 Å². The SMILES string of the molecule is CC(C)c1ccc([C@](O)(c2cncc(-c3noc(C4CCN(C(=O)C5CC5)CC4)n3)c2)C2(C)CN(C)C2)cc1. The third-order valence-electron chi connectivity index (χ3n) is 9.04. The summed E-state index contributed by atoms with van der Waals surface area (Å²) in [6.07, 6.45) is 7.22. The average molecular weight is 530 g/mol. The number of benzene rings is 1. The van der Waals surface area contributed by atoms with Crippen LogP contribution in [0.5, 0.6) is 0 Å². The fourth-order valence-corrected chi connectivity index (χ4v) is 6.56. The molecule has 3 aliphatic rings. The normalized spacial score (nSPS) is 21.5. The molecule has 1 saturated carbocycles. The van der Waals surface area contributed by atoms with Crippen molar-refractivity contribution in [3.8, 4) is 11.4 Å². The van der Waals surface area contributed by atoms with Crippen molar-refractivity contribution in [3.05, 3.63) is 65.3 Å². The van der Waals surface area contributed by atoms with E-state index < -0.39 is 5.60 Å². The molecule has 0 bridgehead atoms. The van der Waals surface area contributed by atoms with E-state index in [1.54, 1.807) is 12.4 Å². The summed E-state index contributed by atoms with van der Waals surface area (Å²) < 4.78 is 5.71. The van der Waals surface area contributed by atoms with E-state index in [4.69, 9.17) is 9.51 Å². The van der Waals surface area contributed by atoms with E-state index in [1.165, 1.54) is 5.56 Å². The highest BCUT2D eigenvalue weighted by Crippen LogP contribution is 2.50. The van der Waals surface area contributed by atoms with Gasteiger partial charge in [0.2, 0.25) is 17.6 Å². The molecule has 2 saturated heterocycles. The number of hydrogen-bond donors (Lipinski definition) is 1. The minimum atomic E-state index is -1.23. The van der Waals surface area contributed by atoms with Gasteiger partial charge < -0.3 is 19.4 Å². The highest BCUT2D eigenvalue weighted by atomic mass is 16.5. The van der Waals surface area contributed by atoms with Crippen LogP contribution in [0.2, 0.25) is 0 Å². The number of piperidine rings is 1. The van der Waals surface area contributed by atoms with Crippen LogP contribution in [-0.2, 0) is 10.4 Å². The summed E-state index contributed by atoms with van der Waals surface area (Å²) in [6, 6.07) is 10.3. The quantitative estimate of drug-likeness (QED) is 0.479. The molecule has 2 aliphatic heterocycles. The standard InChI is InChI=1S/C31H39N5O3/c1-20(2)21-7-9-25(10-8-21)31(38,30(3)18-35(4)19-30)26-15-24(16-32-17-26)27-33-28(39-34-27)22-11-13-36(14-12-22)29(37)23-5-6-23/h7-10,15-17,20,22-23,38H,5-6,11-14,18-19H2,1-4H3/t31-/m0/s1. The smallest absolute Gasteiger partial charge is 0.230 e. The van der Waals surface area contributed by atoms with E-state index >= 15 is 0 Å². The first-order chi connectivity index (χ1) is 18.7. The molecule has 3 fully saturated rings. The monoisotopic (exact) mass is 529 g/mol. The number of amides is 1. The van der Waals surface area contributed by atoms with Crippen LogP contribution in [0.3, 0.4) is 0 Å². The Balaban J connectivity index is 1.26. The summed E-state index contributed by atoms with van der Waals surface area (Å²) in [6.45, 7) is 9.51. The van der Waals surface area contributed by atoms with Gasteiger partial charge in [0.25, 0.3) is 0 Å². The summed E-state index contributed by atoms with van der Waals surface area (Å²) in [5, 5.41) is 16.8. The van der Waals surface area contributed by atoms with Crippen molar-refractivity contribution in [1.29, 1.82) is 0 Å². The molecule has 4 heterocycles. The number of hydrogen-bond acceptors (Lipinski definition) is 7. The molecule has 2 aromatic heterocycles. The van der Waals surface area contributed by atoms with Crippen LogP contribution in [-0.4, -0.2) is 69.2 Å². The van der Waals surface area contributed by atoms with Crippen molar-refractivity contribution in [1.82, 2.24) is 24.9 Å². The Kier molecular flexibility index (Phi) is 6.58. The van der Waals surface area contributed by atoms with Crippen LogP contribution in [0, 0.1) is 11.3 Å². The van der Waals surface area contributed by atoms with E-state index in [0.29, 0.717) is 23.5 Å². The molecule has 1 N–H and O–H groups in total. The third-order valence-corrected chi connectivity index (χ3v) is 9.04. The molecule has 0 spiro atoms. The molecule has 39 heavy (non-hydrogen) atoms. The van der Waals surface area contributed by atoms with Crippen LogP contribution in [0.1, 0.15) is 80.9 Å². The van der Waals surface area contributed by atoms with Gasteiger partial charge in [-0.25, -0.2) is 0 Å². The first kappa shape index (κ1) is 26.1. The molecule has 0 radical (unpaired) electrons. The Bertz CT molecular complexity index is 1330. The van der Waals surface area contributed by atoms with Gasteiger partial charge in [0.1, 0.15) is 5.60 Å². The van der Waals surface area contributed by atoms with Gasteiger partial charge in [0.05, 0.1) is 0 Å². The van der Waals surface area contributed by atoms with Gasteiger partial charge >= 0.3 is 0 Å². The van der Waals surface area contributed by atoms with E-state index in [2.05, 4.69) is 67.1 Å². The molecule has 6 rings (SSSR count). The average Bonchev–Trinajstić information content (AvgIpc) is 3.67. The molecule has 8 nitrogen and oxygen atoms in total. The Hall–Kier alpha value is -3.10. The third kappa shape index (κ3) is 4.67. The van der Waals surface area contributed by atoms with Crippen LogP contribution in [0.4, 0.5) is 0 Å². The Morgan fingerprint density at radius 3 is 2.38 bits per heavy atom. The molecular weight excluding hydrogens is 490 g/mol. The van der Waals surface area contributed by atoms with Gasteiger partial charge in [0.15, 0.2) is 0 Å². The summed E-state index contributed by atoms with van der Waals surface area (Å²) in [5.74, 6) is 2.21. The topological polar surface area (TPSA) is 95.6 Å². The lowest BCUT2D eigenvalue weighted by Gasteiger charge is -2.55. The number of nitrogens with zero attached hydrogens (tertiary/aromatic N) is 5. The van der Waals surface area contributed by atoms with Gasteiger partial charge in [-0.1, -0.05) is 50.2 Å². The van der Waals surface area contributed by atoms with Crippen LogP contribution in [0.15, 0.2) is 47.2 Å². The molecule has 1 aromatic carbocycles. The minimum absolute atomic E-state index is 0.145. The predicted octanol–water partition coefficient (Wildman–Crippen LogP) is 4.56. The summed E-state index contributed by atoms with van der Waals surface area (Å²) in [5.41, 5.74) is 1.94.